The summed E-state index contributed by atoms with van der Waals surface area (Å²) in [5, 5.41) is 3.32. The van der Waals surface area contributed by atoms with Crippen LogP contribution in [-0.4, -0.2) is 11.9 Å². The molecule has 0 unspecified atom stereocenters. The van der Waals surface area contributed by atoms with Crippen LogP contribution in [0.25, 0.3) is 0 Å². The second kappa shape index (κ2) is 9.75. The Morgan fingerprint density at radius 1 is 0.870 bits per heavy atom. The molecule has 1 aromatic carbocycles. The minimum atomic E-state index is 0.114. The van der Waals surface area contributed by atoms with Crippen LogP contribution in [0.3, 0.4) is 0 Å². The van der Waals surface area contributed by atoms with Gasteiger partial charge in [0.2, 0.25) is 0 Å². The molecule has 1 amide bonds. The Kier molecular flexibility index (Phi) is 7.64. The van der Waals surface area contributed by atoms with Crippen LogP contribution >= 0.6 is 0 Å². The minimum absolute atomic E-state index is 0.114. The number of carbonyl (C=O) groups is 1. The Hall–Kier alpha value is -1.31. The van der Waals surface area contributed by atoms with Crippen LogP contribution in [-0.2, 0) is 0 Å². The van der Waals surface area contributed by atoms with E-state index in [0.717, 1.165) is 29.5 Å². The molecule has 2 rings (SSSR count). The molecule has 0 radical (unpaired) electrons. The summed E-state index contributed by atoms with van der Waals surface area (Å²) in [4.78, 5) is 12.6. The molecular formula is C21H33NO. The van der Waals surface area contributed by atoms with Crippen molar-refractivity contribution in [2.45, 2.75) is 90.5 Å². The molecule has 23 heavy (non-hydrogen) atoms. The molecule has 0 aromatic heterocycles. The van der Waals surface area contributed by atoms with Crippen molar-refractivity contribution in [3.63, 3.8) is 0 Å². The van der Waals surface area contributed by atoms with E-state index < -0.39 is 0 Å². The molecule has 128 valence electrons. The maximum absolute atomic E-state index is 12.6. The number of aryl methyl sites for hydroxylation is 2. The number of benzene rings is 1. The second-order valence-corrected chi connectivity index (χ2v) is 7.25. The first kappa shape index (κ1) is 18.0. The highest BCUT2D eigenvalue weighted by atomic mass is 16.1. The summed E-state index contributed by atoms with van der Waals surface area (Å²) in [5.74, 6) is 0.114. The largest absolute Gasteiger partial charge is 0.349 e. The van der Waals surface area contributed by atoms with Crippen LogP contribution in [0.15, 0.2) is 18.2 Å². The van der Waals surface area contributed by atoms with Gasteiger partial charge in [0.1, 0.15) is 0 Å². The summed E-state index contributed by atoms with van der Waals surface area (Å²) >= 11 is 0. The predicted octanol–water partition coefficient (Wildman–Crippen LogP) is 5.71. The Bertz CT molecular complexity index is 483. The molecule has 0 atom stereocenters. The third kappa shape index (κ3) is 6.37. The van der Waals surface area contributed by atoms with Gasteiger partial charge in [-0.2, -0.15) is 0 Å². The highest BCUT2D eigenvalue weighted by molar-refractivity contribution is 5.96. The molecule has 0 bridgehead atoms. The number of rotatable bonds is 2. The molecular weight excluding hydrogens is 282 g/mol. The molecule has 2 heteroatoms. The molecule has 1 aromatic rings. The minimum Gasteiger partial charge on any atom is -0.349 e. The van der Waals surface area contributed by atoms with Gasteiger partial charge in [0, 0.05) is 11.6 Å². The SMILES string of the molecule is Cc1ccc(C)c(C(=O)NC2CCCCCCCCCCC2)c1. The van der Waals surface area contributed by atoms with E-state index >= 15 is 0 Å². The van der Waals surface area contributed by atoms with E-state index in [1.165, 1.54) is 57.8 Å². The average Bonchev–Trinajstić information content (AvgIpc) is 2.52. The van der Waals surface area contributed by atoms with Crippen LogP contribution in [0, 0.1) is 13.8 Å². The smallest absolute Gasteiger partial charge is 0.251 e. The van der Waals surface area contributed by atoms with E-state index in [9.17, 15) is 4.79 Å². The van der Waals surface area contributed by atoms with Crippen LogP contribution in [0.4, 0.5) is 0 Å². The lowest BCUT2D eigenvalue weighted by atomic mass is 9.97. The van der Waals surface area contributed by atoms with Gasteiger partial charge in [0.25, 0.3) is 5.91 Å². The summed E-state index contributed by atoms with van der Waals surface area (Å²) in [6, 6.07) is 6.48. The predicted molar refractivity (Wildman–Crippen MR) is 98.0 cm³/mol. The van der Waals surface area contributed by atoms with Crippen molar-refractivity contribution in [2.75, 3.05) is 0 Å². The van der Waals surface area contributed by atoms with E-state index in [4.69, 9.17) is 0 Å². The Labute approximate surface area is 142 Å². The lowest BCUT2D eigenvalue weighted by Gasteiger charge is -2.20. The van der Waals surface area contributed by atoms with E-state index in [1.54, 1.807) is 0 Å². The van der Waals surface area contributed by atoms with E-state index in [1.807, 2.05) is 26.0 Å². The molecule has 1 N–H and O–H groups in total. The molecule has 1 fully saturated rings. The standard InChI is InChI=1S/C21H33NO/c1-17-14-15-18(2)20(16-17)21(23)22-19-12-10-8-6-4-3-5-7-9-11-13-19/h14-16,19H,3-13H2,1-2H3,(H,22,23). The molecule has 1 aliphatic carbocycles. The number of nitrogens with one attached hydrogen (secondary N) is 1. The zero-order valence-corrected chi connectivity index (χ0v) is 15.0. The van der Waals surface area contributed by atoms with Gasteiger partial charge in [-0.05, 0) is 38.3 Å². The lowest BCUT2D eigenvalue weighted by molar-refractivity contribution is 0.0930. The maximum atomic E-state index is 12.6. The second-order valence-electron chi connectivity index (χ2n) is 7.25. The van der Waals surface area contributed by atoms with E-state index in [-0.39, 0.29) is 5.91 Å². The molecule has 1 saturated carbocycles. The molecule has 0 aliphatic heterocycles. The summed E-state index contributed by atoms with van der Waals surface area (Å²) in [6.45, 7) is 4.07. The fraction of sp³-hybridized carbons (Fsp3) is 0.667. The van der Waals surface area contributed by atoms with Crippen LogP contribution in [0.2, 0.25) is 0 Å². The molecule has 0 saturated heterocycles. The van der Waals surface area contributed by atoms with Crippen LogP contribution < -0.4 is 5.32 Å². The van der Waals surface area contributed by atoms with Crippen molar-refractivity contribution in [1.82, 2.24) is 5.32 Å². The van der Waals surface area contributed by atoms with Gasteiger partial charge < -0.3 is 5.32 Å². The summed E-state index contributed by atoms with van der Waals surface area (Å²) in [6.07, 6.45) is 14.3. The first-order valence-electron chi connectivity index (χ1n) is 9.55. The lowest BCUT2D eigenvalue weighted by Crippen LogP contribution is -2.35. The summed E-state index contributed by atoms with van der Waals surface area (Å²) in [5.41, 5.74) is 3.07. The van der Waals surface area contributed by atoms with Crippen molar-refractivity contribution in [2.24, 2.45) is 0 Å². The molecule has 0 heterocycles. The average molecular weight is 316 g/mol. The summed E-state index contributed by atoms with van der Waals surface area (Å²) < 4.78 is 0. The van der Waals surface area contributed by atoms with Gasteiger partial charge in [0.15, 0.2) is 0 Å². The van der Waals surface area contributed by atoms with Crippen LogP contribution in [0.5, 0.6) is 0 Å². The van der Waals surface area contributed by atoms with Gasteiger partial charge >= 0.3 is 0 Å². The monoisotopic (exact) mass is 315 g/mol. The first-order chi connectivity index (χ1) is 11.2. The quantitative estimate of drug-likeness (QED) is 0.744. The highest BCUT2D eigenvalue weighted by Crippen LogP contribution is 2.18. The number of amides is 1. The van der Waals surface area contributed by atoms with Gasteiger partial charge in [-0.15, -0.1) is 0 Å². The van der Waals surface area contributed by atoms with E-state index in [0.29, 0.717) is 6.04 Å². The van der Waals surface area contributed by atoms with Crippen molar-refractivity contribution in [3.8, 4) is 0 Å². The Morgan fingerprint density at radius 3 is 1.96 bits per heavy atom. The molecule has 2 nitrogen and oxygen atoms in total. The van der Waals surface area contributed by atoms with Gasteiger partial charge in [-0.25, -0.2) is 0 Å². The zero-order chi connectivity index (χ0) is 16.5. The maximum Gasteiger partial charge on any atom is 0.251 e. The van der Waals surface area contributed by atoms with Crippen molar-refractivity contribution in [3.05, 3.63) is 34.9 Å². The number of carbonyl (C=O) groups excluding carboxylic acids is 1. The topological polar surface area (TPSA) is 29.1 Å². The first-order valence-corrected chi connectivity index (χ1v) is 9.55. The van der Waals surface area contributed by atoms with Crippen LogP contribution in [0.1, 0.15) is 92.1 Å². The zero-order valence-electron chi connectivity index (χ0n) is 15.0. The third-order valence-electron chi connectivity index (χ3n) is 5.08. The fourth-order valence-corrected chi connectivity index (χ4v) is 3.55. The van der Waals surface area contributed by atoms with E-state index in [2.05, 4.69) is 11.4 Å². The van der Waals surface area contributed by atoms with Gasteiger partial charge in [-0.3, -0.25) is 4.79 Å². The fourth-order valence-electron chi connectivity index (χ4n) is 3.55. The van der Waals surface area contributed by atoms with Gasteiger partial charge in [-0.1, -0.05) is 75.5 Å². The Morgan fingerprint density at radius 2 is 1.39 bits per heavy atom. The molecule has 1 aliphatic rings. The summed E-state index contributed by atoms with van der Waals surface area (Å²) in [7, 11) is 0. The number of hydrogen-bond donors (Lipinski definition) is 1. The number of hydrogen-bond acceptors (Lipinski definition) is 1. The third-order valence-corrected chi connectivity index (χ3v) is 5.08. The molecule has 0 spiro atoms. The Balaban J connectivity index is 1.93. The van der Waals surface area contributed by atoms with Gasteiger partial charge in [0.05, 0.1) is 0 Å². The normalized spacial score (nSPS) is 18.7. The highest BCUT2D eigenvalue weighted by Gasteiger charge is 2.15. The van der Waals surface area contributed by atoms with Crippen molar-refractivity contribution < 1.29 is 4.79 Å². The van der Waals surface area contributed by atoms with Crippen molar-refractivity contribution >= 4 is 5.91 Å². The van der Waals surface area contributed by atoms with Crippen molar-refractivity contribution in [1.29, 1.82) is 0 Å².